The van der Waals surface area contributed by atoms with Crippen LogP contribution in [0, 0.1) is 11.7 Å². The molecule has 0 radical (unpaired) electrons. The maximum absolute atomic E-state index is 13.2. The maximum Gasteiger partial charge on any atom is 0.137 e. The number of benzene rings is 1. The zero-order chi connectivity index (χ0) is 13.5. The zero-order valence-electron chi connectivity index (χ0n) is 11.3. The first-order chi connectivity index (χ1) is 8.58. The molecule has 0 aromatic heterocycles. The van der Waals surface area contributed by atoms with E-state index in [0.29, 0.717) is 10.4 Å². The summed E-state index contributed by atoms with van der Waals surface area (Å²) in [6.07, 6.45) is 5.87. The van der Waals surface area contributed by atoms with E-state index in [1.54, 1.807) is 12.1 Å². The molecular formula is C15H23BrFN. The van der Waals surface area contributed by atoms with Gasteiger partial charge in [0.05, 0.1) is 4.47 Å². The van der Waals surface area contributed by atoms with Crippen molar-refractivity contribution in [1.82, 2.24) is 0 Å². The molecule has 0 aliphatic carbocycles. The monoisotopic (exact) mass is 315 g/mol. The van der Waals surface area contributed by atoms with Gasteiger partial charge in [-0.05, 0) is 46.0 Å². The third-order valence-electron chi connectivity index (χ3n) is 3.50. The van der Waals surface area contributed by atoms with Gasteiger partial charge in [-0.2, -0.15) is 0 Å². The summed E-state index contributed by atoms with van der Waals surface area (Å²) in [7, 11) is 0. The third-order valence-corrected chi connectivity index (χ3v) is 4.11. The molecule has 0 spiro atoms. The van der Waals surface area contributed by atoms with Gasteiger partial charge in [0.1, 0.15) is 5.82 Å². The second kappa shape index (κ2) is 7.90. The topological polar surface area (TPSA) is 26.0 Å². The number of nitrogens with two attached hydrogens (primary N) is 1. The van der Waals surface area contributed by atoms with Crippen LogP contribution in [0.25, 0.3) is 0 Å². The molecule has 2 unspecified atom stereocenters. The molecule has 2 atom stereocenters. The second-order valence-electron chi connectivity index (χ2n) is 4.93. The minimum absolute atomic E-state index is 0.00343. The summed E-state index contributed by atoms with van der Waals surface area (Å²) in [5, 5.41) is 0. The molecule has 0 bridgehead atoms. The number of rotatable bonds is 7. The van der Waals surface area contributed by atoms with Gasteiger partial charge in [-0.3, -0.25) is 0 Å². The van der Waals surface area contributed by atoms with Crippen LogP contribution in [0.5, 0.6) is 0 Å². The molecule has 102 valence electrons. The lowest BCUT2D eigenvalue weighted by molar-refractivity contribution is 0.388. The molecule has 0 saturated heterocycles. The van der Waals surface area contributed by atoms with Crippen LogP contribution in [0.2, 0.25) is 0 Å². The number of halogens is 2. The Bertz CT molecular complexity index is 368. The van der Waals surface area contributed by atoms with Crippen molar-refractivity contribution in [2.45, 2.75) is 52.0 Å². The van der Waals surface area contributed by atoms with E-state index in [1.165, 1.54) is 25.3 Å². The van der Waals surface area contributed by atoms with Gasteiger partial charge < -0.3 is 5.73 Å². The van der Waals surface area contributed by atoms with Crippen LogP contribution in [0.3, 0.4) is 0 Å². The summed E-state index contributed by atoms with van der Waals surface area (Å²) in [5.74, 6) is 0.438. The van der Waals surface area contributed by atoms with Gasteiger partial charge in [-0.25, -0.2) is 4.39 Å². The van der Waals surface area contributed by atoms with E-state index >= 15 is 0 Å². The van der Waals surface area contributed by atoms with Gasteiger partial charge in [0.2, 0.25) is 0 Å². The average Bonchev–Trinajstić information content (AvgIpc) is 2.37. The Morgan fingerprint density at radius 2 is 2.06 bits per heavy atom. The maximum atomic E-state index is 13.2. The Kier molecular flexibility index (Phi) is 6.87. The van der Waals surface area contributed by atoms with Crippen molar-refractivity contribution in [2.24, 2.45) is 11.7 Å². The van der Waals surface area contributed by atoms with E-state index < -0.39 is 0 Å². The molecular weight excluding hydrogens is 293 g/mol. The summed E-state index contributed by atoms with van der Waals surface area (Å²) in [6, 6.07) is 5.07. The first-order valence-electron chi connectivity index (χ1n) is 6.79. The molecule has 18 heavy (non-hydrogen) atoms. The number of hydrogen-bond acceptors (Lipinski definition) is 1. The lowest BCUT2D eigenvalue weighted by Crippen LogP contribution is -2.15. The van der Waals surface area contributed by atoms with Gasteiger partial charge in [0, 0.05) is 6.04 Å². The van der Waals surface area contributed by atoms with Crippen LogP contribution in [-0.4, -0.2) is 0 Å². The normalized spacial score (nSPS) is 14.5. The SMILES string of the molecule is CCCCC(CC)CC(N)c1ccc(F)c(Br)c1. The van der Waals surface area contributed by atoms with Gasteiger partial charge >= 0.3 is 0 Å². The summed E-state index contributed by atoms with van der Waals surface area (Å²) >= 11 is 3.21. The van der Waals surface area contributed by atoms with Crippen LogP contribution in [-0.2, 0) is 0 Å². The van der Waals surface area contributed by atoms with Gasteiger partial charge in [0.25, 0.3) is 0 Å². The van der Waals surface area contributed by atoms with Crippen molar-refractivity contribution in [3.05, 3.63) is 34.1 Å². The fourth-order valence-corrected chi connectivity index (χ4v) is 2.62. The largest absolute Gasteiger partial charge is 0.324 e. The van der Waals surface area contributed by atoms with Crippen molar-refractivity contribution in [2.75, 3.05) is 0 Å². The van der Waals surface area contributed by atoms with Crippen LogP contribution in [0.4, 0.5) is 4.39 Å². The minimum atomic E-state index is -0.232. The molecule has 1 aromatic rings. The molecule has 0 aliphatic rings. The fourth-order valence-electron chi connectivity index (χ4n) is 2.22. The van der Waals surface area contributed by atoms with E-state index in [0.717, 1.165) is 18.4 Å². The summed E-state index contributed by atoms with van der Waals surface area (Å²) < 4.78 is 13.7. The third kappa shape index (κ3) is 4.69. The molecule has 0 fully saturated rings. The summed E-state index contributed by atoms with van der Waals surface area (Å²) in [4.78, 5) is 0. The Morgan fingerprint density at radius 3 is 2.61 bits per heavy atom. The standard InChI is InChI=1S/C15H23BrFN/c1-3-5-6-11(4-2)9-15(18)12-7-8-14(17)13(16)10-12/h7-8,10-11,15H,3-6,9,18H2,1-2H3. The van der Waals surface area contributed by atoms with Gasteiger partial charge in [-0.1, -0.05) is 45.6 Å². The molecule has 2 N–H and O–H groups in total. The first-order valence-corrected chi connectivity index (χ1v) is 7.58. The molecule has 0 aliphatic heterocycles. The zero-order valence-corrected chi connectivity index (χ0v) is 12.8. The quantitative estimate of drug-likeness (QED) is 0.735. The van der Waals surface area contributed by atoms with Crippen molar-refractivity contribution in [3.63, 3.8) is 0 Å². The Balaban J connectivity index is 2.62. The smallest absolute Gasteiger partial charge is 0.137 e. The van der Waals surface area contributed by atoms with Crippen molar-refractivity contribution < 1.29 is 4.39 Å². The van der Waals surface area contributed by atoms with Crippen molar-refractivity contribution in [1.29, 1.82) is 0 Å². The molecule has 1 rings (SSSR count). The predicted molar refractivity (Wildman–Crippen MR) is 79.0 cm³/mol. The van der Waals surface area contributed by atoms with E-state index in [-0.39, 0.29) is 11.9 Å². The molecule has 0 heterocycles. The highest BCUT2D eigenvalue weighted by Gasteiger charge is 2.14. The van der Waals surface area contributed by atoms with E-state index in [1.807, 2.05) is 0 Å². The van der Waals surface area contributed by atoms with Gasteiger partial charge in [-0.15, -0.1) is 0 Å². The molecule has 0 amide bonds. The number of unbranched alkanes of at least 4 members (excludes halogenated alkanes) is 1. The van der Waals surface area contributed by atoms with Crippen LogP contribution in [0.1, 0.15) is 57.6 Å². The van der Waals surface area contributed by atoms with Crippen LogP contribution < -0.4 is 5.73 Å². The Hall–Kier alpha value is -0.410. The second-order valence-corrected chi connectivity index (χ2v) is 5.79. The molecule has 1 aromatic carbocycles. The highest BCUT2D eigenvalue weighted by atomic mass is 79.9. The van der Waals surface area contributed by atoms with E-state index in [9.17, 15) is 4.39 Å². The van der Waals surface area contributed by atoms with Crippen molar-refractivity contribution in [3.8, 4) is 0 Å². The summed E-state index contributed by atoms with van der Waals surface area (Å²) in [5.41, 5.74) is 7.23. The van der Waals surface area contributed by atoms with Crippen LogP contribution >= 0.6 is 15.9 Å². The summed E-state index contributed by atoms with van der Waals surface area (Å²) in [6.45, 7) is 4.43. The molecule has 3 heteroatoms. The van der Waals surface area contributed by atoms with Gasteiger partial charge in [0.15, 0.2) is 0 Å². The first kappa shape index (κ1) is 15.6. The van der Waals surface area contributed by atoms with Crippen molar-refractivity contribution >= 4 is 15.9 Å². The molecule has 0 saturated carbocycles. The predicted octanol–water partition coefficient (Wildman–Crippen LogP) is 5.19. The lowest BCUT2D eigenvalue weighted by atomic mass is 9.90. The lowest BCUT2D eigenvalue weighted by Gasteiger charge is -2.20. The molecule has 1 nitrogen and oxygen atoms in total. The Labute approximate surface area is 118 Å². The van der Waals surface area contributed by atoms with E-state index in [4.69, 9.17) is 5.73 Å². The fraction of sp³-hybridized carbons (Fsp3) is 0.600. The highest BCUT2D eigenvalue weighted by molar-refractivity contribution is 9.10. The average molecular weight is 316 g/mol. The Morgan fingerprint density at radius 1 is 1.33 bits per heavy atom. The van der Waals surface area contributed by atoms with Crippen LogP contribution in [0.15, 0.2) is 22.7 Å². The van der Waals surface area contributed by atoms with E-state index in [2.05, 4.69) is 29.8 Å². The number of hydrogen-bond donors (Lipinski definition) is 1. The highest BCUT2D eigenvalue weighted by Crippen LogP contribution is 2.27. The minimum Gasteiger partial charge on any atom is -0.324 e.